The molecule has 0 aromatic carbocycles. The molecule has 1 N–H and O–H groups in total. The fraction of sp³-hybridized carbons (Fsp3) is 0.500. The number of halogens is 2. The molecule has 0 saturated carbocycles. The van der Waals surface area contributed by atoms with Gasteiger partial charge >= 0.3 is 0 Å². The molecule has 0 unspecified atom stereocenters. The number of alkyl halides is 2. The van der Waals surface area contributed by atoms with Gasteiger partial charge < -0.3 is 10.2 Å². The number of amides is 1. The number of aromatic nitrogens is 1. The number of hydrogen-bond acceptors (Lipinski definition) is 3. The molecule has 1 saturated heterocycles. The first kappa shape index (κ1) is 16.4. The Hall–Kier alpha value is -1.98. The second kappa shape index (κ2) is 6.85. The van der Waals surface area contributed by atoms with Crippen molar-refractivity contribution in [2.24, 2.45) is 0 Å². The van der Waals surface area contributed by atoms with Crippen molar-refractivity contribution >= 4 is 11.7 Å². The molecule has 0 radical (unpaired) electrons. The summed E-state index contributed by atoms with van der Waals surface area (Å²) in [6, 6.07) is 3.94. The third-order valence-electron chi connectivity index (χ3n) is 3.52. The second-order valence-corrected chi connectivity index (χ2v) is 5.78. The molecule has 4 nitrogen and oxygen atoms in total. The van der Waals surface area contributed by atoms with Crippen LogP contribution >= 0.6 is 0 Å². The third-order valence-corrected chi connectivity index (χ3v) is 3.52. The summed E-state index contributed by atoms with van der Waals surface area (Å²) >= 11 is 0. The average Bonchev–Trinajstić information content (AvgIpc) is 2.44. The normalized spacial score (nSPS) is 19.5. The maximum absolute atomic E-state index is 12.8. The van der Waals surface area contributed by atoms with Crippen LogP contribution in [0.15, 0.2) is 30.5 Å². The molecule has 22 heavy (non-hydrogen) atoms. The summed E-state index contributed by atoms with van der Waals surface area (Å²) in [7, 11) is 0. The largest absolute Gasteiger partial charge is 0.366 e. The number of aryl methyl sites for hydroxylation is 1. The first-order valence-corrected chi connectivity index (χ1v) is 7.39. The lowest BCUT2D eigenvalue weighted by molar-refractivity contribution is -0.127. The molecule has 1 fully saturated rings. The predicted molar refractivity (Wildman–Crippen MR) is 82.0 cm³/mol. The molecular formula is C16H21F2N3O. The van der Waals surface area contributed by atoms with Crippen LogP contribution < -0.4 is 5.32 Å². The minimum absolute atomic E-state index is 0.0857. The number of piperidine rings is 1. The molecule has 1 aliphatic rings. The van der Waals surface area contributed by atoms with Crippen molar-refractivity contribution in [2.75, 3.05) is 18.4 Å². The Bertz CT molecular complexity index is 555. The van der Waals surface area contributed by atoms with E-state index in [4.69, 9.17) is 0 Å². The second-order valence-electron chi connectivity index (χ2n) is 5.78. The fourth-order valence-electron chi connectivity index (χ4n) is 2.44. The van der Waals surface area contributed by atoms with Gasteiger partial charge in [-0.25, -0.2) is 13.8 Å². The number of likely N-dealkylation sites (tertiary alicyclic amines) is 1. The SMILES string of the molecule is Cc1ccnc(N[C@@H]2CCCN(C(=O)C=CC(C)(F)F)C2)c1. The van der Waals surface area contributed by atoms with Crippen LogP contribution in [0.25, 0.3) is 0 Å². The summed E-state index contributed by atoms with van der Waals surface area (Å²) in [4.78, 5) is 17.8. The number of carbonyl (C=O) groups is 1. The van der Waals surface area contributed by atoms with Gasteiger partial charge in [0.05, 0.1) is 0 Å². The van der Waals surface area contributed by atoms with Crippen LogP contribution in [0.2, 0.25) is 0 Å². The molecule has 120 valence electrons. The Morgan fingerprint density at radius 1 is 1.55 bits per heavy atom. The van der Waals surface area contributed by atoms with Crippen molar-refractivity contribution in [3.8, 4) is 0 Å². The molecule has 1 amide bonds. The van der Waals surface area contributed by atoms with Crippen LogP contribution in [0, 0.1) is 6.92 Å². The standard InChI is InChI=1S/C16H21F2N3O/c1-12-6-8-19-14(10-12)20-13-4-3-9-21(11-13)15(22)5-7-16(2,17)18/h5-8,10,13H,3-4,9,11H2,1-2H3,(H,19,20)/t13-/m1/s1. The monoisotopic (exact) mass is 309 g/mol. The average molecular weight is 309 g/mol. The minimum Gasteiger partial charge on any atom is -0.366 e. The Morgan fingerprint density at radius 2 is 2.32 bits per heavy atom. The van der Waals surface area contributed by atoms with E-state index in [0.717, 1.165) is 37.2 Å². The van der Waals surface area contributed by atoms with Gasteiger partial charge in [-0.2, -0.15) is 0 Å². The van der Waals surface area contributed by atoms with E-state index in [2.05, 4.69) is 10.3 Å². The molecule has 2 rings (SSSR count). The smallest absolute Gasteiger partial charge is 0.264 e. The molecule has 2 heterocycles. The number of anilines is 1. The van der Waals surface area contributed by atoms with Gasteiger partial charge in [0.1, 0.15) is 5.82 Å². The zero-order valence-electron chi connectivity index (χ0n) is 12.9. The van der Waals surface area contributed by atoms with Crippen LogP contribution in [0.5, 0.6) is 0 Å². The van der Waals surface area contributed by atoms with Crippen molar-refractivity contribution in [2.45, 2.75) is 38.7 Å². The molecule has 0 spiro atoms. The van der Waals surface area contributed by atoms with Gasteiger partial charge in [-0.15, -0.1) is 0 Å². The first-order chi connectivity index (χ1) is 10.3. The summed E-state index contributed by atoms with van der Waals surface area (Å²) < 4.78 is 25.5. The zero-order chi connectivity index (χ0) is 16.2. The Morgan fingerprint density at radius 3 is 3.00 bits per heavy atom. The Balaban J connectivity index is 1.94. The van der Waals surface area contributed by atoms with Gasteiger partial charge in [-0.1, -0.05) is 0 Å². The van der Waals surface area contributed by atoms with Crippen LogP contribution in [0.4, 0.5) is 14.6 Å². The minimum atomic E-state index is -2.96. The van der Waals surface area contributed by atoms with E-state index in [1.54, 1.807) is 11.1 Å². The van der Waals surface area contributed by atoms with E-state index in [-0.39, 0.29) is 11.9 Å². The molecule has 1 aromatic heterocycles. The van der Waals surface area contributed by atoms with Gasteiger partial charge in [0.15, 0.2) is 0 Å². The zero-order valence-corrected chi connectivity index (χ0v) is 12.9. The van der Waals surface area contributed by atoms with Crippen LogP contribution in [0.3, 0.4) is 0 Å². The van der Waals surface area contributed by atoms with Crippen LogP contribution in [0.1, 0.15) is 25.3 Å². The summed E-state index contributed by atoms with van der Waals surface area (Å²) in [5.74, 6) is -2.56. The number of pyridine rings is 1. The van der Waals surface area contributed by atoms with Crippen molar-refractivity contribution in [3.63, 3.8) is 0 Å². The molecule has 1 aromatic rings. The van der Waals surface area contributed by atoms with E-state index in [9.17, 15) is 13.6 Å². The Kier molecular flexibility index (Phi) is 5.11. The first-order valence-electron chi connectivity index (χ1n) is 7.39. The van der Waals surface area contributed by atoms with Gasteiger partial charge in [0, 0.05) is 38.3 Å². The predicted octanol–water partition coefficient (Wildman–Crippen LogP) is 3.00. The summed E-state index contributed by atoms with van der Waals surface area (Å²) in [5.41, 5.74) is 1.11. The highest BCUT2D eigenvalue weighted by atomic mass is 19.3. The number of hydrogen-bond donors (Lipinski definition) is 1. The summed E-state index contributed by atoms with van der Waals surface area (Å²) in [6.07, 6.45) is 5.11. The van der Waals surface area contributed by atoms with Crippen molar-refractivity contribution in [1.29, 1.82) is 0 Å². The van der Waals surface area contributed by atoms with Crippen LogP contribution in [-0.2, 0) is 4.79 Å². The fourth-order valence-corrected chi connectivity index (χ4v) is 2.44. The molecular weight excluding hydrogens is 288 g/mol. The summed E-state index contributed by atoms with van der Waals surface area (Å²) in [5, 5.41) is 3.30. The van der Waals surface area contributed by atoms with Gasteiger partial charge in [-0.3, -0.25) is 4.79 Å². The number of nitrogens with zero attached hydrogens (tertiary/aromatic N) is 2. The molecule has 6 heteroatoms. The number of carbonyl (C=O) groups excluding carboxylic acids is 1. The lowest BCUT2D eigenvalue weighted by atomic mass is 10.1. The van der Waals surface area contributed by atoms with Crippen LogP contribution in [-0.4, -0.2) is 40.8 Å². The van der Waals surface area contributed by atoms with E-state index < -0.39 is 5.92 Å². The topological polar surface area (TPSA) is 45.2 Å². The van der Waals surface area contributed by atoms with E-state index >= 15 is 0 Å². The molecule has 0 bridgehead atoms. The van der Waals surface area contributed by atoms with E-state index in [0.29, 0.717) is 19.2 Å². The van der Waals surface area contributed by atoms with Crippen molar-refractivity contribution in [3.05, 3.63) is 36.0 Å². The number of rotatable bonds is 4. The molecule has 0 aliphatic carbocycles. The number of allylic oxidation sites excluding steroid dienone is 1. The summed E-state index contributed by atoms with van der Waals surface area (Å²) in [6.45, 7) is 3.84. The highest BCUT2D eigenvalue weighted by Gasteiger charge is 2.24. The quantitative estimate of drug-likeness (QED) is 0.870. The lowest BCUT2D eigenvalue weighted by Crippen LogP contribution is -2.44. The number of nitrogens with one attached hydrogen (secondary N) is 1. The van der Waals surface area contributed by atoms with Crippen molar-refractivity contribution in [1.82, 2.24) is 9.88 Å². The van der Waals surface area contributed by atoms with E-state index in [1.807, 2.05) is 19.1 Å². The highest BCUT2D eigenvalue weighted by Crippen LogP contribution is 2.17. The molecule has 1 atom stereocenters. The molecule has 1 aliphatic heterocycles. The Labute approximate surface area is 129 Å². The maximum atomic E-state index is 12.8. The van der Waals surface area contributed by atoms with Crippen molar-refractivity contribution < 1.29 is 13.6 Å². The maximum Gasteiger partial charge on any atom is 0.264 e. The van der Waals surface area contributed by atoms with Gasteiger partial charge in [0.25, 0.3) is 5.92 Å². The lowest BCUT2D eigenvalue weighted by Gasteiger charge is -2.33. The van der Waals surface area contributed by atoms with Gasteiger partial charge in [-0.05, 0) is 43.5 Å². The van der Waals surface area contributed by atoms with Gasteiger partial charge in [0.2, 0.25) is 5.91 Å². The third kappa shape index (κ3) is 5.09. The highest BCUT2D eigenvalue weighted by molar-refractivity contribution is 5.87. The van der Waals surface area contributed by atoms with E-state index in [1.165, 1.54) is 0 Å².